The number of ether oxygens (including phenoxy) is 1. The van der Waals surface area contributed by atoms with Crippen molar-refractivity contribution in [1.82, 2.24) is 24.4 Å². The SMILES string of the molecule is CCC(Oc1ccccc1)C(=O)N1CCN(Cc2cc(=O)n3nc(-c4ccccc4)sc3n2)CC1. The Morgan fingerprint density at radius 3 is 2.40 bits per heavy atom. The van der Waals surface area contributed by atoms with Crippen molar-refractivity contribution in [1.29, 1.82) is 0 Å². The van der Waals surface area contributed by atoms with Gasteiger partial charge in [-0.3, -0.25) is 14.5 Å². The summed E-state index contributed by atoms with van der Waals surface area (Å²) in [5.41, 5.74) is 1.50. The summed E-state index contributed by atoms with van der Waals surface area (Å²) in [6.07, 6.45) is 0.125. The molecule has 1 fully saturated rings. The Balaban J connectivity index is 1.22. The van der Waals surface area contributed by atoms with E-state index in [0.717, 1.165) is 16.3 Å². The van der Waals surface area contributed by atoms with E-state index >= 15 is 0 Å². The van der Waals surface area contributed by atoms with Crippen LogP contribution in [0.4, 0.5) is 0 Å². The van der Waals surface area contributed by atoms with E-state index in [2.05, 4.69) is 10.00 Å². The summed E-state index contributed by atoms with van der Waals surface area (Å²) in [5, 5.41) is 5.21. The van der Waals surface area contributed by atoms with Gasteiger partial charge in [0.05, 0.1) is 5.69 Å². The molecule has 35 heavy (non-hydrogen) atoms. The molecule has 3 heterocycles. The highest BCUT2D eigenvalue weighted by Gasteiger charge is 2.28. The lowest BCUT2D eigenvalue weighted by Gasteiger charge is -2.36. The Bertz CT molecular complexity index is 1350. The van der Waals surface area contributed by atoms with E-state index in [1.807, 2.05) is 72.5 Å². The number of para-hydroxylation sites is 1. The molecular weight excluding hydrogens is 462 g/mol. The third kappa shape index (κ3) is 5.26. The van der Waals surface area contributed by atoms with Crippen LogP contribution in [0.3, 0.4) is 0 Å². The minimum atomic E-state index is -0.488. The highest BCUT2D eigenvalue weighted by Crippen LogP contribution is 2.24. The molecule has 0 N–H and O–H groups in total. The second-order valence-electron chi connectivity index (χ2n) is 8.48. The fourth-order valence-corrected chi connectivity index (χ4v) is 5.09. The van der Waals surface area contributed by atoms with Crippen molar-refractivity contribution in [2.45, 2.75) is 26.0 Å². The van der Waals surface area contributed by atoms with Gasteiger partial charge in [0.1, 0.15) is 10.8 Å². The molecule has 0 spiro atoms. The molecule has 1 aliphatic heterocycles. The lowest BCUT2D eigenvalue weighted by atomic mass is 10.2. The van der Waals surface area contributed by atoms with Gasteiger partial charge in [-0.15, -0.1) is 0 Å². The molecule has 9 heteroatoms. The second-order valence-corrected chi connectivity index (χ2v) is 9.44. The quantitative estimate of drug-likeness (QED) is 0.396. The number of benzene rings is 2. The number of fused-ring (bicyclic) bond motifs is 1. The number of hydrogen-bond acceptors (Lipinski definition) is 7. The maximum atomic E-state index is 13.0. The Morgan fingerprint density at radius 2 is 1.71 bits per heavy atom. The first-order chi connectivity index (χ1) is 17.1. The number of hydrogen-bond donors (Lipinski definition) is 0. The van der Waals surface area contributed by atoms with Crippen LogP contribution in [-0.2, 0) is 11.3 Å². The first-order valence-electron chi connectivity index (χ1n) is 11.8. The van der Waals surface area contributed by atoms with Crippen molar-refractivity contribution in [2.24, 2.45) is 0 Å². The average Bonchev–Trinajstić information content (AvgIpc) is 3.33. The number of amides is 1. The number of rotatable bonds is 7. The van der Waals surface area contributed by atoms with Crippen molar-refractivity contribution in [3.05, 3.63) is 82.8 Å². The Morgan fingerprint density at radius 1 is 1.03 bits per heavy atom. The molecule has 8 nitrogen and oxygen atoms in total. The smallest absolute Gasteiger partial charge is 0.275 e. The van der Waals surface area contributed by atoms with E-state index in [1.165, 1.54) is 15.9 Å². The molecule has 180 valence electrons. The molecule has 4 aromatic rings. The molecule has 0 saturated carbocycles. The predicted octanol–water partition coefficient (Wildman–Crippen LogP) is 3.32. The van der Waals surface area contributed by atoms with E-state index in [1.54, 1.807) is 6.07 Å². The summed E-state index contributed by atoms with van der Waals surface area (Å²) in [6.45, 7) is 5.19. The molecule has 2 aromatic carbocycles. The maximum absolute atomic E-state index is 13.0. The largest absolute Gasteiger partial charge is 0.481 e. The van der Waals surface area contributed by atoms with Crippen molar-refractivity contribution in [2.75, 3.05) is 26.2 Å². The molecule has 1 saturated heterocycles. The highest BCUT2D eigenvalue weighted by molar-refractivity contribution is 7.19. The van der Waals surface area contributed by atoms with Crippen LogP contribution in [0.1, 0.15) is 19.0 Å². The van der Waals surface area contributed by atoms with Crippen molar-refractivity contribution >= 4 is 22.2 Å². The Kier molecular flexibility index (Phi) is 6.87. The maximum Gasteiger partial charge on any atom is 0.275 e. The fourth-order valence-electron chi connectivity index (χ4n) is 4.17. The van der Waals surface area contributed by atoms with Gasteiger partial charge in [0.2, 0.25) is 4.96 Å². The third-order valence-corrected chi connectivity index (χ3v) is 7.01. The molecule has 0 bridgehead atoms. The number of carbonyl (C=O) groups is 1. The summed E-state index contributed by atoms with van der Waals surface area (Å²) in [7, 11) is 0. The van der Waals surface area contributed by atoms with Gasteiger partial charge >= 0.3 is 0 Å². The zero-order chi connectivity index (χ0) is 24.2. The van der Waals surface area contributed by atoms with Crippen molar-refractivity contribution < 1.29 is 9.53 Å². The average molecular weight is 490 g/mol. The van der Waals surface area contributed by atoms with E-state index < -0.39 is 6.10 Å². The zero-order valence-corrected chi connectivity index (χ0v) is 20.4. The molecular formula is C26H27N5O3S. The highest BCUT2D eigenvalue weighted by atomic mass is 32.1. The van der Waals surface area contributed by atoms with Gasteiger partial charge in [0, 0.05) is 44.4 Å². The monoisotopic (exact) mass is 489 g/mol. The molecule has 1 amide bonds. The van der Waals surface area contributed by atoms with E-state index in [4.69, 9.17) is 9.72 Å². The molecule has 5 rings (SSSR count). The van der Waals surface area contributed by atoms with Crippen molar-refractivity contribution in [3.63, 3.8) is 0 Å². The molecule has 0 radical (unpaired) electrons. The molecule has 1 aliphatic rings. The van der Waals surface area contributed by atoms with Crippen LogP contribution < -0.4 is 10.3 Å². The van der Waals surface area contributed by atoms with Gasteiger partial charge in [-0.05, 0) is 18.6 Å². The van der Waals surface area contributed by atoms with Crippen LogP contribution >= 0.6 is 11.3 Å². The topological polar surface area (TPSA) is 80.0 Å². The first kappa shape index (κ1) is 23.2. The van der Waals surface area contributed by atoms with Crippen LogP contribution in [0.5, 0.6) is 5.75 Å². The van der Waals surface area contributed by atoms with Crippen LogP contribution in [0.25, 0.3) is 15.5 Å². The summed E-state index contributed by atoms with van der Waals surface area (Å²) < 4.78 is 7.30. The predicted molar refractivity (Wildman–Crippen MR) is 136 cm³/mol. The summed E-state index contributed by atoms with van der Waals surface area (Å²) in [5.74, 6) is 0.726. The summed E-state index contributed by atoms with van der Waals surface area (Å²) in [4.78, 5) is 35.1. The number of carbonyl (C=O) groups excluding carboxylic acids is 1. The van der Waals surface area contributed by atoms with E-state index in [9.17, 15) is 9.59 Å². The molecule has 1 unspecified atom stereocenters. The number of nitrogens with zero attached hydrogens (tertiary/aromatic N) is 5. The first-order valence-corrected chi connectivity index (χ1v) is 12.6. The standard InChI is InChI=1S/C26H27N5O3S/c1-2-22(34-21-11-7-4-8-12-21)25(33)30-15-13-29(14-16-30)18-20-17-23(32)31-26(27-20)35-24(28-31)19-9-5-3-6-10-19/h3-12,17,22H,2,13-16,18H2,1H3. The van der Waals surface area contributed by atoms with Gasteiger partial charge < -0.3 is 9.64 Å². The minimum Gasteiger partial charge on any atom is -0.481 e. The van der Waals surface area contributed by atoms with Crippen molar-refractivity contribution in [3.8, 4) is 16.3 Å². The fraction of sp³-hybridized carbons (Fsp3) is 0.308. The van der Waals surface area contributed by atoms with E-state index in [-0.39, 0.29) is 11.5 Å². The van der Waals surface area contributed by atoms with Crippen LogP contribution in [0, 0.1) is 0 Å². The number of aromatic nitrogens is 3. The summed E-state index contributed by atoms with van der Waals surface area (Å²) in [6, 6.07) is 20.8. The number of piperazine rings is 1. The van der Waals surface area contributed by atoms with Crippen LogP contribution in [0.2, 0.25) is 0 Å². The minimum absolute atomic E-state index is 0.0203. The van der Waals surface area contributed by atoms with Gasteiger partial charge in [-0.1, -0.05) is 66.8 Å². The summed E-state index contributed by atoms with van der Waals surface area (Å²) >= 11 is 1.41. The Labute approximate surface area is 207 Å². The van der Waals surface area contributed by atoms with E-state index in [0.29, 0.717) is 49.9 Å². The lowest BCUT2D eigenvalue weighted by Crippen LogP contribution is -2.52. The van der Waals surface area contributed by atoms with Gasteiger partial charge in [0.25, 0.3) is 11.5 Å². The lowest BCUT2D eigenvalue weighted by molar-refractivity contribution is -0.140. The zero-order valence-electron chi connectivity index (χ0n) is 19.5. The molecule has 1 atom stereocenters. The molecule has 0 aliphatic carbocycles. The molecule has 2 aromatic heterocycles. The van der Waals surface area contributed by atoms with Gasteiger partial charge in [0.15, 0.2) is 6.10 Å². The second kappa shape index (κ2) is 10.4. The van der Waals surface area contributed by atoms with Crippen LogP contribution in [-0.4, -0.2) is 62.6 Å². The van der Waals surface area contributed by atoms with Crippen LogP contribution in [0.15, 0.2) is 71.5 Å². The Hall–Kier alpha value is -3.56. The van der Waals surface area contributed by atoms with Gasteiger partial charge in [-0.2, -0.15) is 9.61 Å². The third-order valence-electron chi connectivity index (χ3n) is 6.06. The normalized spacial score (nSPS) is 15.3. The van der Waals surface area contributed by atoms with Gasteiger partial charge in [-0.25, -0.2) is 4.98 Å².